The van der Waals surface area contributed by atoms with Gasteiger partial charge in [-0.05, 0) is 14.1 Å². The summed E-state index contributed by atoms with van der Waals surface area (Å²) >= 11 is 0. The van der Waals surface area contributed by atoms with Crippen molar-refractivity contribution in [1.29, 1.82) is 0 Å². The number of rotatable bonds is 2. The Labute approximate surface area is 70.5 Å². The molecule has 6 N–H and O–H groups in total. The van der Waals surface area contributed by atoms with Gasteiger partial charge in [-0.2, -0.15) is 0 Å². The van der Waals surface area contributed by atoms with Gasteiger partial charge in [0, 0.05) is 12.2 Å². The number of carbonyl (C=O) groups is 2. The van der Waals surface area contributed by atoms with Crippen molar-refractivity contribution in [2.45, 2.75) is 0 Å². The predicted octanol–water partition coefficient (Wildman–Crippen LogP) is -1.14. The molecule has 0 radical (unpaired) electrons. The first-order valence-corrected chi connectivity index (χ1v) is 2.92. The number of nitrogens with two attached hydrogens (primary N) is 2. The summed E-state index contributed by atoms with van der Waals surface area (Å²) in [6.07, 6.45) is 1.12. The predicted molar refractivity (Wildman–Crippen MR) is 44.6 cm³/mol. The lowest BCUT2D eigenvalue weighted by atomic mass is 10.5. The molecule has 0 spiro atoms. The maximum absolute atomic E-state index is 9.55. The molecule has 0 bridgehead atoms. The van der Waals surface area contributed by atoms with Gasteiger partial charge in [0.2, 0.25) is 0 Å². The summed E-state index contributed by atoms with van der Waals surface area (Å²) in [5, 5.41) is 15.6. The van der Waals surface area contributed by atoms with Crippen molar-refractivity contribution in [3.8, 4) is 0 Å². The lowest BCUT2D eigenvalue weighted by Crippen LogP contribution is -1.91. The van der Waals surface area contributed by atoms with Crippen molar-refractivity contribution in [1.82, 2.24) is 0 Å². The Morgan fingerprint density at radius 1 is 0.917 bits per heavy atom. The zero-order chi connectivity index (χ0) is 10.6. The lowest BCUT2D eigenvalue weighted by Gasteiger charge is -1.74. The number of carboxylic acid groups (broad SMARTS) is 2. The second-order valence-electron chi connectivity index (χ2n) is 1.01. The van der Waals surface area contributed by atoms with Crippen LogP contribution < -0.4 is 11.5 Å². The van der Waals surface area contributed by atoms with Crippen LogP contribution in [0.1, 0.15) is 0 Å². The molecule has 0 rings (SSSR count). The molecule has 6 nitrogen and oxygen atoms in total. The molecular formula is C6H14N2O4. The van der Waals surface area contributed by atoms with Crippen molar-refractivity contribution in [2.24, 2.45) is 11.5 Å². The van der Waals surface area contributed by atoms with Gasteiger partial charge in [0.05, 0.1) is 0 Å². The van der Waals surface area contributed by atoms with Crippen LogP contribution >= 0.6 is 0 Å². The molecule has 0 heterocycles. The third-order valence-electron chi connectivity index (χ3n) is 0.368. The molecule has 0 atom stereocenters. The minimum Gasteiger partial charge on any atom is -0.478 e. The molecule has 0 fully saturated rings. The first kappa shape index (κ1) is 16.9. The molecular weight excluding hydrogens is 164 g/mol. The van der Waals surface area contributed by atoms with E-state index in [0.717, 1.165) is 0 Å². The molecule has 0 saturated carbocycles. The third kappa shape index (κ3) is 38.3. The van der Waals surface area contributed by atoms with Crippen LogP contribution in [-0.4, -0.2) is 36.2 Å². The van der Waals surface area contributed by atoms with Gasteiger partial charge in [-0.1, -0.05) is 0 Å². The van der Waals surface area contributed by atoms with Crippen LogP contribution in [-0.2, 0) is 9.59 Å². The lowest BCUT2D eigenvalue weighted by molar-refractivity contribution is -0.134. The highest BCUT2D eigenvalue weighted by Crippen LogP contribution is 1.70. The molecule has 0 unspecified atom stereocenters. The molecule has 0 amide bonds. The largest absolute Gasteiger partial charge is 0.478 e. The van der Waals surface area contributed by atoms with Gasteiger partial charge in [-0.15, -0.1) is 0 Å². The third-order valence-corrected chi connectivity index (χ3v) is 0.368. The minimum atomic E-state index is -1.26. The average Bonchev–Trinajstić information content (AvgIpc) is 2.08. The molecule has 0 aliphatic carbocycles. The Balaban J connectivity index is -0.000000175. The summed E-state index contributed by atoms with van der Waals surface area (Å²) in [7, 11) is 3.00. The molecule has 0 aromatic rings. The van der Waals surface area contributed by atoms with E-state index in [0.29, 0.717) is 12.2 Å². The molecule has 72 valence electrons. The fourth-order valence-electron chi connectivity index (χ4n) is 0.143. The van der Waals surface area contributed by atoms with Gasteiger partial charge in [-0.25, -0.2) is 9.59 Å². The highest BCUT2D eigenvalue weighted by Gasteiger charge is 1.88. The summed E-state index contributed by atoms with van der Waals surface area (Å²) in [6, 6.07) is 0. The monoisotopic (exact) mass is 178 g/mol. The second kappa shape index (κ2) is 16.3. The first-order valence-electron chi connectivity index (χ1n) is 2.92. The van der Waals surface area contributed by atoms with E-state index in [1.54, 1.807) is 0 Å². The van der Waals surface area contributed by atoms with E-state index in [1.807, 2.05) is 0 Å². The standard InChI is InChI=1S/C4H4O4.2CH5N/c5-3(6)1-2-4(7)8;2*1-2/h1-2H,(H,5,6)(H,7,8);2*2H2,1H3/b2-1+;;. The Hall–Kier alpha value is -1.40. The van der Waals surface area contributed by atoms with E-state index < -0.39 is 11.9 Å². The van der Waals surface area contributed by atoms with Crippen molar-refractivity contribution >= 4 is 11.9 Å². The summed E-state index contributed by atoms with van der Waals surface area (Å²) in [4.78, 5) is 19.1. The van der Waals surface area contributed by atoms with Crippen LogP contribution in [0.25, 0.3) is 0 Å². The summed E-state index contributed by atoms with van der Waals surface area (Å²) in [6.45, 7) is 0. The molecule has 0 aromatic heterocycles. The van der Waals surface area contributed by atoms with Crippen LogP contribution in [0.2, 0.25) is 0 Å². The number of hydrogen-bond acceptors (Lipinski definition) is 4. The van der Waals surface area contributed by atoms with Crippen molar-refractivity contribution in [2.75, 3.05) is 14.1 Å². The van der Waals surface area contributed by atoms with E-state index in [4.69, 9.17) is 10.2 Å². The first-order chi connectivity index (χ1) is 5.63. The number of hydrogen-bond donors (Lipinski definition) is 4. The molecule has 0 aromatic carbocycles. The van der Waals surface area contributed by atoms with E-state index >= 15 is 0 Å². The smallest absolute Gasteiger partial charge is 0.328 e. The highest BCUT2D eigenvalue weighted by molar-refractivity contribution is 5.89. The Morgan fingerprint density at radius 2 is 1.08 bits per heavy atom. The minimum absolute atomic E-state index is 0.558. The summed E-state index contributed by atoms with van der Waals surface area (Å²) < 4.78 is 0. The Kier molecular flexibility index (Phi) is 23.0. The molecule has 0 aliphatic heterocycles. The molecule has 0 saturated heterocycles. The van der Waals surface area contributed by atoms with E-state index in [2.05, 4.69) is 11.5 Å². The van der Waals surface area contributed by atoms with E-state index in [1.165, 1.54) is 14.1 Å². The topological polar surface area (TPSA) is 127 Å². The van der Waals surface area contributed by atoms with Crippen LogP contribution in [0, 0.1) is 0 Å². The average molecular weight is 178 g/mol. The zero-order valence-corrected chi connectivity index (χ0v) is 7.02. The van der Waals surface area contributed by atoms with Gasteiger partial charge < -0.3 is 21.7 Å². The van der Waals surface area contributed by atoms with E-state index in [-0.39, 0.29) is 0 Å². The SMILES string of the molecule is CN.CN.O=C(O)/C=C/C(=O)O. The highest BCUT2D eigenvalue weighted by atomic mass is 16.4. The number of carboxylic acids is 2. The molecule has 6 heteroatoms. The fourth-order valence-corrected chi connectivity index (χ4v) is 0.143. The number of aliphatic carboxylic acids is 2. The van der Waals surface area contributed by atoms with Crippen molar-refractivity contribution < 1.29 is 19.8 Å². The normalized spacial score (nSPS) is 7.33. The molecule has 0 aliphatic rings. The van der Waals surface area contributed by atoms with Crippen molar-refractivity contribution in [3.63, 3.8) is 0 Å². The van der Waals surface area contributed by atoms with Crippen molar-refractivity contribution in [3.05, 3.63) is 12.2 Å². The maximum Gasteiger partial charge on any atom is 0.328 e. The summed E-state index contributed by atoms with van der Waals surface area (Å²) in [5.41, 5.74) is 9.00. The van der Waals surface area contributed by atoms with Gasteiger partial charge in [0.1, 0.15) is 0 Å². The van der Waals surface area contributed by atoms with Crippen LogP contribution in [0.3, 0.4) is 0 Å². The van der Waals surface area contributed by atoms with Crippen LogP contribution in [0.15, 0.2) is 12.2 Å². The quantitative estimate of drug-likeness (QED) is 0.396. The van der Waals surface area contributed by atoms with Gasteiger partial charge in [0.25, 0.3) is 0 Å². The Morgan fingerprint density at radius 3 is 1.17 bits per heavy atom. The van der Waals surface area contributed by atoms with Gasteiger partial charge >= 0.3 is 11.9 Å². The zero-order valence-electron chi connectivity index (χ0n) is 7.02. The van der Waals surface area contributed by atoms with Gasteiger partial charge in [0.15, 0.2) is 0 Å². The Bertz CT molecular complexity index is 128. The van der Waals surface area contributed by atoms with Crippen LogP contribution in [0.5, 0.6) is 0 Å². The molecule has 12 heavy (non-hydrogen) atoms. The second-order valence-corrected chi connectivity index (χ2v) is 1.01. The summed E-state index contributed by atoms with van der Waals surface area (Å²) in [5.74, 6) is -2.51. The maximum atomic E-state index is 9.55. The van der Waals surface area contributed by atoms with Crippen LogP contribution in [0.4, 0.5) is 0 Å². The van der Waals surface area contributed by atoms with E-state index in [9.17, 15) is 9.59 Å². The van der Waals surface area contributed by atoms with Gasteiger partial charge in [-0.3, -0.25) is 0 Å². The fraction of sp³-hybridized carbons (Fsp3) is 0.333.